The van der Waals surface area contributed by atoms with Gasteiger partial charge in [-0.3, -0.25) is 4.79 Å². The van der Waals surface area contributed by atoms with Gasteiger partial charge >= 0.3 is 5.97 Å². The van der Waals surface area contributed by atoms with Gasteiger partial charge in [-0.05, 0) is 24.3 Å². The van der Waals surface area contributed by atoms with Crippen molar-refractivity contribution in [3.05, 3.63) is 16.3 Å². The normalized spacial score (nSPS) is 16.6. The maximum absolute atomic E-state index is 12.2. The summed E-state index contributed by atoms with van der Waals surface area (Å²) in [6.07, 6.45) is 2.92. The van der Waals surface area contributed by atoms with Crippen LogP contribution in [0.2, 0.25) is 0 Å². The number of hydrogen-bond acceptors (Lipinski definition) is 5. The molecule has 1 N–H and O–H groups in total. The topological polar surface area (TPSA) is 79.2 Å². The lowest BCUT2D eigenvalue weighted by atomic mass is 9.87. The van der Waals surface area contributed by atoms with E-state index in [1.165, 1.54) is 18.4 Å². The molecule has 0 unspecified atom stereocenters. The van der Waals surface area contributed by atoms with Gasteiger partial charge in [-0.25, -0.2) is 4.79 Å². The summed E-state index contributed by atoms with van der Waals surface area (Å²) in [5, 5.41) is 13.6. The lowest BCUT2D eigenvalue weighted by molar-refractivity contribution is -0.122. The molecule has 0 aliphatic heterocycles. The minimum atomic E-state index is -0.949. The number of carbonyl (C=O) groups is 2. The van der Waals surface area contributed by atoms with E-state index in [9.17, 15) is 14.9 Å². The van der Waals surface area contributed by atoms with Crippen molar-refractivity contribution in [1.29, 1.82) is 5.26 Å². The first kappa shape index (κ1) is 13.6. The molecule has 0 radical (unpaired) electrons. The number of carbonyl (C=O) groups excluding carboxylic acids is 2. The fourth-order valence-corrected chi connectivity index (χ4v) is 3.03. The molecular formula is C13H14N2O3S. The average molecular weight is 278 g/mol. The molecule has 0 bridgehead atoms. The number of nitrogens with one attached hydrogen (secondary N) is 1. The van der Waals surface area contributed by atoms with Gasteiger partial charge in [0.25, 0.3) is 0 Å². The number of rotatable bonds is 3. The first-order valence-corrected chi connectivity index (χ1v) is 6.89. The van der Waals surface area contributed by atoms with E-state index < -0.39 is 11.4 Å². The van der Waals surface area contributed by atoms with Gasteiger partial charge in [0.05, 0.1) is 18.9 Å². The molecule has 0 atom stereocenters. The van der Waals surface area contributed by atoms with E-state index in [0.29, 0.717) is 23.4 Å². The SMILES string of the molecule is COC(=O)c1sccc1NC(=O)C1(C#N)CCCC1. The third-order valence-corrected chi connectivity index (χ3v) is 4.28. The molecular weight excluding hydrogens is 264 g/mol. The summed E-state index contributed by atoms with van der Waals surface area (Å²) < 4.78 is 4.65. The molecule has 2 rings (SSSR count). The quantitative estimate of drug-likeness (QED) is 0.862. The van der Waals surface area contributed by atoms with Crippen LogP contribution in [-0.2, 0) is 9.53 Å². The van der Waals surface area contributed by atoms with Crippen molar-refractivity contribution in [2.24, 2.45) is 5.41 Å². The third kappa shape index (κ3) is 2.47. The van der Waals surface area contributed by atoms with E-state index in [1.54, 1.807) is 11.4 Å². The second-order valence-corrected chi connectivity index (χ2v) is 5.43. The highest BCUT2D eigenvalue weighted by Gasteiger charge is 2.41. The lowest BCUT2D eigenvalue weighted by Crippen LogP contribution is -2.32. The fraction of sp³-hybridized carbons (Fsp3) is 0.462. The Labute approximate surface area is 115 Å². The second kappa shape index (κ2) is 5.41. The Morgan fingerprint density at radius 3 is 2.74 bits per heavy atom. The summed E-state index contributed by atoms with van der Waals surface area (Å²) in [5.41, 5.74) is -0.529. The van der Waals surface area contributed by atoms with Crippen molar-refractivity contribution in [3.63, 3.8) is 0 Å². The molecule has 6 heteroatoms. The van der Waals surface area contributed by atoms with Crippen molar-refractivity contribution < 1.29 is 14.3 Å². The number of hydrogen-bond donors (Lipinski definition) is 1. The maximum atomic E-state index is 12.2. The van der Waals surface area contributed by atoms with Gasteiger partial charge in [-0.15, -0.1) is 11.3 Å². The van der Waals surface area contributed by atoms with E-state index in [4.69, 9.17) is 0 Å². The molecule has 1 aliphatic carbocycles. The molecule has 1 aromatic heterocycles. The average Bonchev–Trinajstić information content (AvgIpc) is 3.07. The smallest absolute Gasteiger partial charge is 0.350 e. The zero-order chi connectivity index (χ0) is 13.9. The summed E-state index contributed by atoms with van der Waals surface area (Å²) >= 11 is 1.20. The molecule has 1 fully saturated rings. The van der Waals surface area contributed by atoms with Crippen molar-refractivity contribution >= 4 is 28.9 Å². The lowest BCUT2D eigenvalue weighted by Gasteiger charge is -2.19. The highest BCUT2D eigenvalue weighted by Crippen LogP contribution is 2.39. The predicted molar refractivity (Wildman–Crippen MR) is 70.8 cm³/mol. The van der Waals surface area contributed by atoms with Crippen molar-refractivity contribution in [3.8, 4) is 6.07 Å². The predicted octanol–water partition coefficient (Wildman–Crippen LogP) is 2.56. The van der Waals surface area contributed by atoms with Gasteiger partial charge in [0, 0.05) is 0 Å². The van der Waals surface area contributed by atoms with E-state index >= 15 is 0 Å². The van der Waals surface area contributed by atoms with Gasteiger partial charge < -0.3 is 10.1 Å². The summed E-state index contributed by atoms with van der Waals surface area (Å²) in [6.45, 7) is 0. The molecule has 1 heterocycles. The van der Waals surface area contributed by atoms with Crippen molar-refractivity contribution in [1.82, 2.24) is 0 Å². The molecule has 0 spiro atoms. The molecule has 1 aliphatic rings. The number of nitriles is 1. The van der Waals surface area contributed by atoms with Gasteiger partial charge in [-0.2, -0.15) is 5.26 Å². The zero-order valence-corrected chi connectivity index (χ0v) is 11.4. The van der Waals surface area contributed by atoms with E-state index in [2.05, 4.69) is 16.1 Å². The number of methoxy groups -OCH3 is 1. The van der Waals surface area contributed by atoms with Gasteiger partial charge in [0.2, 0.25) is 5.91 Å². The molecule has 100 valence electrons. The number of esters is 1. The maximum Gasteiger partial charge on any atom is 0.350 e. The van der Waals surface area contributed by atoms with Crippen LogP contribution in [0.1, 0.15) is 35.4 Å². The highest BCUT2D eigenvalue weighted by molar-refractivity contribution is 7.12. The number of nitrogens with zero attached hydrogens (tertiary/aromatic N) is 1. The first-order valence-electron chi connectivity index (χ1n) is 6.01. The Balaban J connectivity index is 2.18. The minimum Gasteiger partial charge on any atom is -0.465 e. The van der Waals surface area contributed by atoms with Crippen LogP contribution in [0.3, 0.4) is 0 Å². The third-order valence-electron chi connectivity index (χ3n) is 3.39. The van der Waals surface area contributed by atoms with Crippen molar-refractivity contribution in [2.45, 2.75) is 25.7 Å². The van der Waals surface area contributed by atoms with Crippen LogP contribution in [0, 0.1) is 16.7 Å². The van der Waals surface area contributed by atoms with E-state index in [1.807, 2.05) is 0 Å². The monoisotopic (exact) mass is 278 g/mol. The Morgan fingerprint density at radius 1 is 1.47 bits per heavy atom. The Morgan fingerprint density at radius 2 is 2.16 bits per heavy atom. The molecule has 1 saturated carbocycles. The highest BCUT2D eigenvalue weighted by atomic mass is 32.1. The summed E-state index contributed by atoms with van der Waals surface area (Å²) in [4.78, 5) is 24.1. The summed E-state index contributed by atoms with van der Waals surface area (Å²) in [7, 11) is 1.29. The standard InChI is InChI=1S/C13H14N2O3S/c1-18-11(16)10-9(4-7-19-10)15-12(17)13(8-14)5-2-3-6-13/h4,7H,2-3,5-6H2,1H3,(H,15,17). The van der Waals surface area contributed by atoms with Crippen LogP contribution < -0.4 is 5.32 Å². The molecule has 0 aromatic carbocycles. The van der Waals surface area contributed by atoms with Crippen LogP contribution in [0.15, 0.2) is 11.4 Å². The minimum absolute atomic E-state index is 0.323. The number of ether oxygens (including phenoxy) is 1. The van der Waals surface area contributed by atoms with Crippen LogP contribution >= 0.6 is 11.3 Å². The van der Waals surface area contributed by atoms with Crippen LogP contribution in [0.4, 0.5) is 5.69 Å². The van der Waals surface area contributed by atoms with Crippen LogP contribution in [0.25, 0.3) is 0 Å². The molecule has 19 heavy (non-hydrogen) atoms. The Kier molecular flexibility index (Phi) is 3.86. The zero-order valence-electron chi connectivity index (χ0n) is 10.6. The van der Waals surface area contributed by atoms with E-state index in [-0.39, 0.29) is 5.91 Å². The summed E-state index contributed by atoms with van der Waals surface area (Å²) in [6, 6.07) is 3.78. The number of thiophene rings is 1. The fourth-order valence-electron chi connectivity index (χ4n) is 2.27. The molecule has 5 nitrogen and oxygen atoms in total. The number of anilines is 1. The van der Waals surface area contributed by atoms with Gasteiger partial charge in [0.1, 0.15) is 10.3 Å². The molecule has 1 aromatic rings. The molecule has 1 amide bonds. The molecule has 0 saturated heterocycles. The largest absolute Gasteiger partial charge is 0.465 e. The van der Waals surface area contributed by atoms with Crippen LogP contribution in [-0.4, -0.2) is 19.0 Å². The van der Waals surface area contributed by atoms with Crippen LogP contribution in [0.5, 0.6) is 0 Å². The summed E-state index contributed by atoms with van der Waals surface area (Å²) in [5.74, 6) is -0.807. The first-order chi connectivity index (χ1) is 9.13. The Bertz CT molecular complexity index is 538. The Hall–Kier alpha value is -1.87. The van der Waals surface area contributed by atoms with E-state index in [0.717, 1.165) is 12.8 Å². The van der Waals surface area contributed by atoms with Gasteiger partial charge in [0.15, 0.2) is 0 Å². The second-order valence-electron chi connectivity index (χ2n) is 4.51. The van der Waals surface area contributed by atoms with Gasteiger partial charge in [-0.1, -0.05) is 12.8 Å². The van der Waals surface area contributed by atoms with Crippen molar-refractivity contribution in [2.75, 3.05) is 12.4 Å². The number of amides is 1.